The first-order valence-electron chi connectivity index (χ1n) is 9.30. The lowest BCUT2D eigenvalue weighted by atomic mass is 9.80. The van der Waals surface area contributed by atoms with Gasteiger partial charge < -0.3 is 14.7 Å². The smallest absolute Gasteiger partial charge is 0.306 e. The molecule has 1 heterocycles. The number of nitrogens with zero attached hydrogens (tertiary/aromatic N) is 1. The summed E-state index contributed by atoms with van der Waals surface area (Å²) in [4.78, 5) is 26.0. The van der Waals surface area contributed by atoms with Crippen LogP contribution < -0.4 is 0 Å². The number of rotatable bonds is 4. The van der Waals surface area contributed by atoms with Crippen molar-refractivity contribution in [3.8, 4) is 0 Å². The van der Waals surface area contributed by atoms with E-state index in [4.69, 9.17) is 4.74 Å². The molecule has 0 aromatic heterocycles. The average molecular weight is 345 g/mol. The van der Waals surface area contributed by atoms with E-state index < -0.39 is 5.97 Å². The Morgan fingerprint density at radius 3 is 2.60 bits per heavy atom. The lowest BCUT2D eigenvalue weighted by Gasteiger charge is -2.37. The number of hydrogen-bond donors (Lipinski definition) is 1. The molecule has 0 radical (unpaired) electrons. The first-order chi connectivity index (χ1) is 12.1. The summed E-state index contributed by atoms with van der Waals surface area (Å²) in [6.45, 7) is 3.80. The zero-order valence-corrected chi connectivity index (χ0v) is 14.8. The van der Waals surface area contributed by atoms with Crippen molar-refractivity contribution in [1.82, 2.24) is 4.90 Å². The summed E-state index contributed by atoms with van der Waals surface area (Å²) in [5, 5.41) is 9.24. The Kier molecular flexibility index (Phi) is 5.74. The average Bonchev–Trinajstić information content (AvgIpc) is 2.67. The molecule has 3 unspecified atom stereocenters. The van der Waals surface area contributed by atoms with Gasteiger partial charge in [-0.25, -0.2) is 0 Å². The van der Waals surface area contributed by atoms with Crippen molar-refractivity contribution < 1.29 is 19.4 Å². The largest absolute Gasteiger partial charge is 0.481 e. The van der Waals surface area contributed by atoms with Gasteiger partial charge in [0.1, 0.15) is 6.10 Å². The van der Waals surface area contributed by atoms with Crippen molar-refractivity contribution in [2.45, 2.75) is 45.1 Å². The van der Waals surface area contributed by atoms with Crippen molar-refractivity contribution in [2.24, 2.45) is 11.8 Å². The molecule has 1 aliphatic carbocycles. The van der Waals surface area contributed by atoms with Gasteiger partial charge in [0.05, 0.1) is 19.1 Å². The van der Waals surface area contributed by atoms with Crippen molar-refractivity contribution in [2.75, 3.05) is 19.7 Å². The van der Waals surface area contributed by atoms with E-state index in [1.165, 1.54) is 5.56 Å². The van der Waals surface area contributed by atoms with Gasteiger partial charge in [0.25, 0.3) is 0 Å². The van der Waals surface area contributed by atoms with Gasteiger partial charge in [-0.05, 0) is 36.8 Å². The maximum absolute atomic E-state index is 12.9. The minimum atomic E-state index is -0.770. The third kappa shape index (κ3) is 4.21. The maximum Gasteiger partial charge on any atom is 0.306 e. The third-order valence-electron chi connectivity index (χ3n) is 5.51. The number of carbonyl (C=O) groups is 2. The highest BCUT2D eigenvalue weighted by atomic mass is 16.5. The number of aliphatic carboxylic acids is 1. The molecule has 2 aliphatic rings. The molecule has 1 saturated carbocycles. The van der Waals surface area contributed by atoms with Gasteiger partial charge in [0, 0.05) is 12.5 Å². The van der Waals surface area contributed by atoms with Crippen LogP contribution >= 0.6 is 0 Å². The summed E-state index contributed by atoms with van der Waals surface area (Å²) in [7, 11) is 0. The second-order valence-electron chi connectivity index (χ2n) is 7.14. The number of aryl methyl sites for hydroxylation is 1. The number of ether oxygens (including phenoxy) is 1. The molecule has 25 heavy (non-hydrogen) atoms. The summed E-state index contributed by atoms with van der Waals surface area (Å²) in [5.74, 6) is -1.20. The lowest BCUT2D eigenvalue weighted by molar-refractivity contribution is -0.148. The molecule has 2 fully saturated rings. The Morgan fingerprint density at radius 1 is 1.20 bits per heavy atom. The van der Waals surface area contributed by atoms with E-state index in [-0.39, 0.29) is 23.8 Å². The van der Waals surface area contributed by atoms with Gasteiger partial charge in [0.2, 0.25) is 5.91 Å². The molecule has 1 aromatic carbocycles. The second-order valence-corrected chi connectivity index (χ2v) is 7.14. The number of carbonyl (C=O) groups excluding carboxylic acids is 1. The number of amides is 1. The van der Waals surface area contributed by atoms with E-state index in [1.54, 1.807) is 0 Å². The predicted octanol–water partition coefficient (Wildman–Crippen LogP) is 3.04. The highest BCUT2D eigenvalue weighted by molar-refractivity contribution is 5.80. The number of carboxylic acids is 1. The summed E-state index contributed by atoms with van der Waals surface area (Å²) in [6, 6.07) is 8.38. The summed E-state index contributed by atoms with van der Waals surface area (Å²) >= 11 is 0. The van der Waals surface area contributed by atoms with Gasteiger partial charge in [-0.1, -0.05) is 37.6 Å². The Balaban J connectivity index is 1.63. The zero-order valence-electron chi connectivity index (χ0n) is 14.8. The number of benzene rings is 1. The van der Waals surface area contributed by atoms with Gasteiger partial charge in [-0.2, -0.15) is 0 Å². The van der Waals surface area contributed by atoms with Crippen LogP contribution in [0.4, 0.5) is 0 Å². The summed E-state index contributed by atoms with van der Waals surface area (Å²) in [5.41, 5.74) is 2.39. The fourth-order valence-electron chi connectivity index (χ4n) is 3.92. The van der Waals surface area contributed by atoms with Crippen LogP contribution in [-0.4, -0.2) is 41.6 Å². The first-order valence-corrected chi connectivity index (χ1v) is 9.30. The van der Waals surface area contributed by atoms with Crippen LogP contribution in [0, 0.1) is 11.8 Å². The molecule has 1 aliphatic heterocycles. The molecular formula is C20H27NO4. The summed E-state index contributed by atoms with van der Waals surface area (Å²) in [6.07, 6.45) is 3.69. The maximum atomic E-state index is 12.9. The number of hydrogen-bond acceptors (Lipinski definition) is 3. The molecule has 5 heteroatoms. The Morgan fingerprint density at radius 2 is 1.92 bits per heavy atom. The first kappa shape index (κ1) is 17.9. The van der Waals surface area contributed by atoms with Gasteiger partial charge in [-0.15, -0.1) is 0 Å². The van der Waals surface area contributed by atoms with E-state index in [2.05, 4.69) is 31.2 Å². The van der Waals surface area contributed by atoms with Crippen LogP contribution in [0.15, 0.2) is 24.3 Å². The van der Waals surface area contributed by atoms with Crippen LogP contribution in [0.3, 0.4) is 0 Å². The second kappa shape index (κ2) is 8.00. The van der Waals surface area contributed by atoms with Crippen molar-refractivity contribution in [3.63, 3.8) is 0 Å². The quantitative estimate of drug-likeness (QED) is 0.911. The van der Waals surface area contributed by atoms with Crippen LogP contribution in [0.5, 0.6) is 0 Å². The Bertz CT molecular complexity index is 613. The standard InChI is InChI=1S/C20H27NO4/c1-2-14-6-8-15(9-7-14)18-13-21(10-11-25-18)19(22)16-4-3-5-17(12-16)20(23)24/h6-9,16-18H,2-5,10-13H2,1H3,(H,23,24). The molecule has 3 atom stereocenters. The summed E-state index contributed by atoms with van der Waals surface area (Å²) < 4.78 is 5.88. The SMILES string of the molecule is CCc1ccc(C2CN(C(=O)C3CCCC(C(=O)O)C3)CCO2)cc1. The highest BCUT2D eigenvalue weighted by Crippen LogP contribution is 2.32. The van der Waals surface area contributed by atoms with Crippen molar-refractivity contribution >= 4 is 11.9 Å². The molecule has 0 bridgehead atoms. The Hall–Kier alpha value is -1.88. The monoisotopic (exact) mass is 345 g/mol. The number of carboxylic acid groups (broad SMARTS) is 1. The van der Waals surface area contributed by atoms with Crippen LogP contribution in [0.1, 0.15) is 49.8 Å². The van der Waals surface area contributed by atoms with Gasteiger partial charge in [-0.3, -0.25) is 9.59 Å². The fraction of sp³-hybridized carbons (Fsp3) is 0.600. The molecule has 0 spiro atoms. The van der Waals surface area contributed by atoms with E-state index >= 15 is 0 Å². The van der Waals surface area contributed by atoms with Crippen LogP contribution in [-0.2, 0) is 20.7 Å². The Labute approximate surface area is 149 Å². The van der Waals surface area contributed by atoms with E-state index in [0.717, 1.165) is 24.8 Å². The predicted molar refractivity (Wildman–Crippen MR) is 94.2 cm³/mol. The molecule has 1 amide bonds. The molecule has 3 rings (SSSR count). The fourth-order valence-corrected chi connectivity index (χ4v) is 3.92. The normalized spacial score (nSPS) is 27.1. The molecule has 136 valence electrons. The van der Waals surface area contributed by atoms with Crippen molar-refractivity contribution in [3.05, 3.63) is 35.4 Å². The molecule has 1 aromatic rings. The van der Waals surface area contributed by atoms with Crippen LogP contribution in [0.25, 0.3) is 0 Å². The number of morpholine rings is 1. The minimum Gasteiger partial charge on any atom is -0.481 e. The lowest BCUT2D eigenvalue weighted by Crippen LogP contribution is -2.46. The van der Waals surface area contributed by atoms with Gasteiger partial charge >= 0.3 is 5.97 Å². The zero-order chi connectivity index (χ0) is 17.8. The molecule has 1 N–H and O–H groups in total. The van der Waals surface area contributed by atoms with E-state index in [0.29, 0.717) is 32.5 Å². The topological polar surface area (TPSA) is 66.8 Å². The molecular weight excluding hydrogens is 318 g/mol. The van der Waals surface area contributed by atoms with Crippen molar-refractivity contribution in [1.29, 1.82) is 0 Å². The van der Waals surface area contributed by atoms with Crippen LogP contribution in [0.2, 0.25) is 0 Å². The third-order valence-corrected chi connectivity index (χ3v) is 5.51. The van der Waals surface area contributed by atoms with E-state index in [1.807, 2.05) is 4.90 Å². The van der Waals surface area contributed by atoms with E-state index in [9.17, 15) is 14.7 Å². The highest BCUT2D eigenvalue weighted by Gasteiger charge is 2.35. The molecule has 1 saturated heterocycles. The van der Waals surface area contributed by atoms with Gasteiger partial charge in [0.15, 0.2) is 0 Å². The minimum absolute atomic E-state index is 0.0949. The molecule has 5 nitrogen and oxygen atoms in total.